The van der Waals surface area contributed by atoms with Crippen molar-refractivity contribution >= 4 is 16.0 Å². The maximum Gasteiger partial charge on any atom is 0.216 e. The molecule has 0 bridgehead atoms. The predicted molar refractivity (Wildman–Crippen MR) is 37.9 cm³/mol. The fourth-order valence-electron chi connectivity index (χ4n) is 0.352. The van der Waals surface area contributed by atoms with Crippen molar-refractivity contribution < 1.29 is 24.6 Å². The minimum Gasteiger partial charge on any atom is -0.748 e. The average Bonchev–Trinajstić information content (AvgIpc) is 1.99. The zero-order chi connectivity index (χ0) is 13.2. The summed E-state index contributed by atoms with van der Waals surface area (Å²) < 4.78 is 64.7. The van der Waals surface area contributed by atoms with E-state index in [1.54, 1.807) is 5.32 Å². The van der Waals surface area contributed by atoms with Gasteiger partial charge in [-0.25, -0.2) is 8.42 Å². The van der Waals surface area contributed by atoms with Crippen molar-refractivity contribution in [2.75, 3.05) is 12.2 Å². The molecule has 0 saturated carbocycles. The Morgan fingerprint density at radius 1 is 1.82 bits per heavy atom. The Morgan fingerprint density at radius 3 is 2.91 bits per heavy atom. The van der Waals surface area contributed by atoms with E-state index in [0.717, 1.165) is 0 Å². The highest BCUT2D eigenvalue weighted by atomic mass is 32.2. The van der Waals surface area contributed by atoms with Gasteiger partial charge in [0, 0.05) is 26.0 Å². The van der Waals surface area contributed by atoms with Gasteiger partial charge in [0.2, 0.25) is 5.91 Å². The van der Waals surface area contributed by atoms with Crippen LogP contribution in [0, 0.1) is 0 Å². The van der Waals surface area contributed by atoms with E-state index in [-0.39, 0.29) is 0 Å². The largest absolute Gasteiger partial charge is 0.748 e. The lowest BCUT2D eigenvalue weighted by atomic mass is 10.5. The summed E-state index contributed by atoms with van der Waals surface area (Å²) in [6.07, 6.45) is -0.805. The quantitative estimate of drug-likeness (QED) is 0.572. The number of hydrogen-bond acceptors (Lipinski definition) is 4. The van der Waals surface area contributed by atoms with Crippen LogP contribution in [0.1, 0.15) is 20.1 Å². The molecule has 5 nitrogen and oxygen atoms in total. The van der Waals surface area contributed by atoms with Gasteiger partial charge < -0.3 is 9.87 Å². The van der Waals surface area contributed by atoms with Crippen LogP contribution in [0.2, 0.25) is 0 Å². The fraction of sp³-hybridized carbons (Fsp3) is 0.800. The number of rotatable bonds is 4. The van der Waals surface area contributed by atoms with Crippen molar-refractivity contribution in [3.8, 4) is 0 Å². The standard InChI is InChI=1S/C5H11NO4S/c1-5(7)6-3-2-4-11(8,9)10/h2-4H2,1H3,(H,6,7)(H,8,9,10)/p-1/i1D3,4D2. The van der Waals surface area contributed by atoms with Crippen LogP contribution in [0.4, 0.5) is 0 Å². The van der Waals surface area contributed by atoms with E-state index in [4.69, 9.17) is 6.85 Å². The highest BCUT2D eigenvalue weighted by Gasteiger charge is 1.95. The van der Waals surface area contributed by atoms with Crippen LogP contribution in [0.5, 0.6) is 0 Å². The molecule has 6 heteroatoms. The Hall–Kier alpha value is -0.620. The topological polar surface area (TPSA) is 86.3 Å². The first-order valence-corrected chi connectivity index (χ1v) is 4.02. The average molecular weight is 185 g/mol. The third-order valence-electron chi connectivity index (χ3n) is 0.689. The lowest BCUT2D eigenvalue weighted by Crippen LogP contribution is -2.22. The molecule has 1 amide bonds. The van der Waals surface area contributed by atoms with Crippen LogP contribution in [-0.4, -0.2) is 31.1 Å². The summed E-state index contributed by atoms with van der Waals surface area (Å²) in [6.45, 7) is -3.44. The Balaban J connectivity index is 4.26. The number of carbonyl (C=O) groups excluding carboxylic acids is 1. The Kier molecular flexibility index (Phi) is 1.73. The van der Waals surface area contributed by atoms with Crippen LogP contribution in [0.25, 0.3) is 0 Å². The monoisotopic (exact) mass is 185 g/mol. The summed E-state index contributed by atoms with van der Waals surface area (Å²) in [5, 5.41) is 1.81. The number of hydrogen-bond donors (Lipinski definition) is 1. The minimum absolute atomic E-state index is 0.550. The number of amides is 1. The maximum absolute atomic E-state index is 10.8. The lowest BCUT2D eigenvalue weighted by Gasteiger charge is -2.05. The van der Waals surface area contributed by atoms with Crippen molar-refractivity contribution in [1.29, 1.82) is 0 Å². The third kappa shape index (κ3) is 9.38. The lowest BCUT2D eigenvalue weighted by molar-refractivity contribution is -0.118. The van der Waals surface area contributed by atoms with E-state index < -0.39 is 41.5 Å². The summed E-state index contributed by atoms with van der Waals surface area (Å²) in [5.41, 5.74) is -3.03. The van der Waals surface area contributed by atoms with Gasteiger partial charge in [0.05, 0.1) is 10.1 Å². The van der Waals surface area contributed by atoms with Crippen molar-refractivity contribution in [3.63, 3.8) is 0 Å². The first kappa shape index (κ1) is 4.42. The molecule has 0 radical (unpaired) electrons. The second-order valence-corrected chi connectivity index (χ2v) is 2.80. The summed E-state index contributed by atoms with van der Waals surface area (Å²) >= 11 is 0. The second kappa shape index (κ2) is 4.30. The molecule has 11 heavy (non-hydrogen) atoms. The maximum atomic E-state index is 10.8. The Labute approximate surface area is 72.6 Å². The molecule has 0 atom stereocenters. The molecule has 0 unspecified atom stereocenters. The highest BCUT2D eigenvalue weighted by Crippen LogP contribution is 1.85. The molecular formula is C5H10NO4S-. The molecule has 0 aromatic rings. The van der Waals surface area contributed by atoms with E-state index >= 15 is 0 Å². The van der Waals surface area contributed by atoms with E-state index in [1.807, 2.05) is 0 Å². The van der Waals surface area contributed by atoms with Gasteiger partial charge in [0.25, 0.3) is 0 Å². The van der Waals surface area contributed by atoms with Crippen LogP contribution >= 0.6 is 0 Å². The molecule has 0 aliphatic carbocycles. The van der Waals surface area contributed by atoms with Crippen LogP contribution in [0.3, 0.4) is 0 Å². The molecule has 0 aromatic heterocycles. The SMILES string of the molecule is [2H]C([2H])([2H])C(=O)NCCC([2H])([2H])S(=O)(=O)[O-]. The number of carbonyl (C=O) groups is 1. The predicted octanol–water partition coefficient (Wildman–Crippen LogP) is -0.942. The summed E-state index contributed by atoms with van der Waals surface area (Å²) in [7, 11) is -5.14. The smallest absolute Gasteiger partial charge is 0.216 e. The van der Waals surface area contributed by atoms with Gasteiger partial charge >= 0.3 is 0 Å². The van der Waals surface area contributed by atoms with Gasteiger partial charge in [-0.1, -0.05) is 0 Å². The molecular weight excluding hydrogens is 170 g/mol. The molecule has 0 heterocycles. The van der Waals surface area contributed by atoms with Crippen molar-refractivity contribution in [2.45, 2.75) is 13.3 Å². The molecule has 1 N–H and O–H groups in total. The Morgan fingerprint density at radius 2 is 2.45 bits per heavy atom. The third-order valence-corrected chi connectivity index (χ3v) is 1.25. The zero-order valence-corrected chi connectivity index (χ0v) is 6.27. The first-order chi connectivity index (χ1) is 6.88. The molecule has 0 aromatic carbocycles. The van der Waals surface area contributed by atoms with E-state index in [2.05, 4.69) is 0 Å². The first-order valence-electron chi connectivity index (χ1n) is 5.12. The van der Waals surface area contributed by atoms with Gasteiger partial charge in [0.1, 0.15) is 0 Å². The van der Waals surface area contributed by atoms with Crippen LogP contribution in [-0.2, 0) is 14.9 Å². The zero-order valence-electron chi connectivity index (χ0n) is 10.5. The van der Waals surface area contributed by atoms with Gasteiger partial charge in [-0.05, 0) is 6.42 Å². The minimum atomic E-state index is -5.14. The summed E-state index contributed by atoms with van der Waals surface area (Å²) in [6, 6.07) is 0. The van der Waals surface area contributed by atoms with Gasteiger partial charge in [-0.15, -0.1) is 0 Å². The van der Waals surface area contributed by atoms with Gasteiger partial charge in [0.15, 0.2) is 0 Å². The van der Waals surface area contributed by atoms with E-state index in [0.29, 0.717) is 0 Å². The van der Waals surface area contributed by atoms with Gasteiger partial charge in [-0.3, -0.25) is 4.79 Å². The molecule has 0 rings (SSSR count). The normalized spacial score (nSPS) is 20.3. The van der Waals surface area contributed by atoms with Crippen molar-refractivity contribution in [3.05, 3.63) is 0 Å². The molecule has 0 aliphatic heterocycles. The number of nitrogens with one attached hydrogen (secondary N) is 1. The van der Waals surface area contributed by atoms with Crippen molar-refractivity contribution in [2.24, 2.45) is 0 Å². The second-order valence-electron chi connectivity index (χ2n) is 1.60. The summed E-state index contributed by atoms with van der Waals surface area (Å²) in [5.74, 6) is -1.33. The molecule has 0 spiro atoms. The van der Waals surface area contributed by atoms with E-state index in [1.165, 1.54) is 0 Å². The molecule has 66 valence electrons. The van der Waals surface area contributed by atoms with Gasteiger partial charge in [-0.2, -0.15) is 0 Å². The van der Waals surface area contributed by atoms with Crippen molar-refractivity contribution in [1.82, 2.24) is 5.32 Å². The van der Waals surface area contributed by atoms with Crippen LogP contribution in [0.15, 0.2) is 0 Å². The molecule has 0 saturated heterocycles. The molecule has 0 fully saturated rings. The summed E-state index contributed by atoms with van der Waals surface area (Å²) in [4.78, 5) is 10.8. The van der Waals surface area contributed by atoms with E-state index in [9.17, 15) is 17.8 Å². The Bertz CT molecular complexity index is 362. The molecule has 0 aliphatic rings. The fourth-order valence-corrected chi connectivity index (χ4v) is 0.704. The van der Waals surface area contributed by atoms with Crippen LogP contribution < -0.4 is 5.32 Å². The highest BCUT2D eigenvalue weighted by molar-refractivity contribution is 7.85.